The average Bonchev–Trinajstić information content (AvgIpc) is 2.69. The number of benzene rings is 2. The third-order valence-electron chi connectivity index (χ3n) is 4.60. The molecule has 0 unspecified atom stereocenters. The molecule has 156 valence electrons. The van der Waals surface area contributed by atoms with E-state index in [0.717, 1.165) is 28.9 Å². The molecule has 8 heteroatoms. The van der Waals surface area contributed by atoms with Gasteiger partial charge in [0.15, 0.2) is 0 Å². The van der Waals surface area contributed by atoms with Crippen molar-refractivity contribution < 1.29 is 4.79 Å². The molecule has 0 aliphatic heterocycles. The van der Waals surface area contributed by atoms with E-state index in [4.69, 9.17) is 34.7 Å². The van der Waals surface area contributed by atoms with Gasteiger partial charge in [-0.2, -0.15) is 4.98 Å². The van der Waals surface area contributed by atoms with Crippen LogP contribution in [0, 0.1) is 0 Å². The van der Waals surface area contributed by atoms with E-state index in [9.17, 15) is 4.79 Å². The quantitative estimate of drug-likeness (QED) is 0.468. The van der Waals surface area contributed by atoms with Crippen molar-refractivity contribution in [3.05, 3.63) is 63.8 Å². The van der Waals surface area contributed by atoms with Crippen molar-refractivity contribution in [3.8, 4) is 11.1 Å². The van der Waals surface area contributed by atoms with E-state index in [0.29, 0.717) is 40.7 Å². The van der Waals surface area contributed by atoms with Gasteiger partial charge in [-0.25, -0.2) is 4.98 Å². The van der Waals surface area contributed by atoms with E-state index < -0.39 is 0 Å². The molecule has 0 radical (unpaired) electrons. The Bertz CT molecular complexity index is 1050. The van der Waals surface area contributed by atoms with Crippen LogP contribution in [0.3, 0.4) is 0 Å². The van der Waals surface area contributed by atoms with Crippen LogP contribution in [0.4, 0.5) is 17.5 Å². The zero-order chi connectivity index (χ0) is 21.7. The highest BCUT2D eigenvalue weighted by Crippen LogP contribution is 2.33. The maximum atomic E-state index is 11.7. The highest BCUT2D eigenvalue weighted by molar-refractivity contribution is 6.42. The Hall–Kier alpha value is -2.83. The Morgan fingerprint density at radius 3 is 2.40 bits per heavy atom. The summed E-state index contributed by atoms with van der Waals surface area (Å²) in [5.74, 6) is 0.439. The number of halogens is 2. The summed E-state index contributed by atoms with van der Waals surface area (Å²) in [6.45, 7) is 1.97. The van der Waals surface area contributed by atoms with Gasteiger partial charge in [-0.05, 0) is 54.7 Å². The molecule has 0 saturated carbocycles. The second kappa shape index (κ2) is 9.78. The minimum Gasteiger partial charge on any atom is -0.383 e. The summed E-state index contributed by atoms with van der Waals surface area (Å²) in [7, 11) is 0. The largest absolute Gasteiger partial charge is 0.383 e. The standard InChI is InChI=1S/C22H23Cl2N5O/c1-2-3-19(30)27-15-8-4-13(5-9-15)6-11-18-20(21(25)29-22(26)28-18)14-7-10-16(23)17(24)12-14/h4-5,7-10,12H,2-3,6,11H2,1H3,(H,27,30)(H4,25,26,28,29). The molecule has 1 heterocycles. The Morgan fingerprint density at radius 1 is 1.00 bits per heavy atom. The lowest BCUT2D eigenvalue weighted by atomic mass is 9.99. The third-order valence-corrected chi connectivity index (χ3v) is 5.34. The van der Waals surface area contributed by atoms with E-state index in [-0.39, 0.29) is 11.9 Å². The molecule has 6 nitrogen and oxygen atoms in total. The smallest absolute Gasteiger partial charge is 0.224 e. The van der Waals surface area contributed by atoms with Crippen LogP contribution in [-0.2, 0) is 17.6 Å². The lowest BCUT2D eigenvalue weighted by Crippen LogP contribution is -2.10. The lowest BCUT2D eigenvalue weighted by molar-refractivity contribution is -0.116. The number of aryl methyl sites for hydroxylation is 2. The van der Waals surface area contributed by atoms with Crippen LogP contribution >= 0.6 is 23.2 Å². The lowest BCUT2D eigenvalue weighted by Gasteiger charge is -2.13. The normalized spacial score (nSPS) is 10.8. The second-order valence-corrected chi connectivity index (χ2v) is 7.73. The van der Waals surface area contributed by atoms with E-state index in [1.807, 2.05) is 37.3 Å². The number of carbonyl (C=O) groups excluding carboxylic acids is 1. The molecule has 30 heavy (non-hydrogen) atoms. The molecule has 0 saturated heterocycles. The van der Waals surface area contributed by atoms with Gasteiger partial charge in [0, 0.05) is 17.7 Å². The van der Waals surface area contributed by atoms with Gasteiger partial charge in [-0.1, -0.05) is 48.3 Å². The van der Waals surface area contributed by atoms with Crippen molar-refractivity contribution >= 4 is 46.6 Å². The van der Waals surface area contributed by atoms with Crippen LogP contribution < -0.4 is 16.8 Å². The number of hydrogen-bond acceptors (Lipinski definition) is 5. The van der Waals surface area contributed by atoms with Crippen LogP contribution in [0.25, 0.3) is 11.1 Å². The highest BCUT2D eigenvalue weighted by Gasteiger charge is 2.15. The van der Waals surface area contributed by atoms with E-state index in [1.165, 1.54) is 0 Å². The monoisotopic (exact) mass is 443 g/mol. The molecule has 0 spiro atoms. The Kier molecular flexibility index (Phi) is 7.13. The molecule has 2 aromatic carbocycles. The van der Waals surface area contributed by atoms with E-state index >= 15 is 0 Å². The molecule has 0 aliphatic carbocycles. The summed E-state index contributed by atoms with van der Waals surface area (Å²) in [5.41, 5.74) is 16.1. The fraction of sp³-hybridized carbons (Fsp3) is 0.227. The van der Waals surface area contributed by atoms with Crippen LogP contribution in [0.5, 0.6) is 0 Å². The molecule has 1 aromatic heterocycles. The SMILES string of the molecule is CCCC(=O)Nc1ccc(CCc2nc(N)nc(N)c2-c2ccc(Cl)c(Cl)c2)cc1. The number of nitrogens with zero attached hydrogens (tertiary/aromatic N) is 2. The fourth-order valence-corrected chi connectivity index (χ4v) is 3.46. The molecular formula is C22H23Cl2N5O. The van der Waals surface area contributed by atoms with Crippen LogP contribution in [0.15, 0.2) is 42.5 Å². The molecule has 0 aliphatic rings. The summed E-state index contributed by atoms with van der Waals surface area (Å²) in [6.07, 6.45) is 2.65. The van der Waals surface area contributed by atoms with Crippen molar-refractivity contribution in [2.24, 2.45) is 0 Å². The number of rotatable bonds is 7. The van der Waals surface area contributed by atoms with Crippen molar-refractivity contribution in [1.82, 2.24) is 9.97 Å². The maximum Gasteiger partial charge on any atom is 0.224 e. The first-order chi connectivity index (χ1) is 14.4. The van der Waals surface area contributed by atoms with Gasteiger partial charge in [-0.15, -0.1) is 0 Å². The third kappa shape index (κ3) is 5.40. The number of nitrogens with two attached hydrogens (primary N) is 2. The van der Waals surface area contributed by atoms with Gasteiger partial charge in [0.05, 0.1) is 15.7 Å². The van der Waals surface area contributed by atoms with Crippen molar-refractivity contribution in [2.75, 3.05) is 16.8 Å². The number of carbonyl (C=O) groups is 1. The van der Waals surface area contributed by atoms with Gasteiger partial charge < -0.3 is 16.8 Å². The van der Waals surface area contributed by atoms with E-state index in [2.05, 4.69) is 15.3 Å². The summed E-state index contributed by atoms with van der Waals surface area (Å²) >= 11 is 12.2. The predicted molar refractivity (Wildman–Crippen MR) is 124 cm³/mol. The molecule has 5 N–H and O–H groups in total. The van der Waals surface area contributed by atoms with Crippen molar-refractivity contribution in [1.29, 1.82) is 0 Å². The number of nitrogen functional groups attached to an aromatic ring is 2. The fourth-order valence-electron chi connectivity index (χ4n) is 3.16. The molecule has 1 amide bonds. The number of hydrogen-bond donors (Lipinski definition) is 3. The topological polar surface area (TPSA) is 107 Å². The van der Waals surface area contributed by atoms with Crippen molar-refractivity contribution in [3.63, 3.8) is 0 Å². The molecule has 3 rings (SSSR count). The molecular weight excluding hydrogens is 421 g/mol. The zero-order valence-corrected chi connectivity index (χ0v) is 18.1. The minimum absolute atomic E-state index is 0.0171. The molecule has 0 fully saturated rings. The number of aromatic nitrogens is 2. The van der Waals surface area contributed by atoms with E-state index in [1.54, 1.807) is 12.1 Å². The highest BCUT2D eigenvalue weighted by atomic mass is 35.5. The van der Waals surface area contributed by atoms with Gasteiger partial charge in [-0.3, -0.25) is 4.79 Å². The van der Waals surface area contributed by atoms with Gasteiger partial charge in [0.1, 0.15) is 5.82 Å². The van der Waals surface area contributed by atoms with Crippen LogP contribution in [0.2, 0.25) is 10.0 Å². The first-order valence-electron chi connectivity index (χ1n) is 9.63. The Balaban J connectivity index is 1.80. The Labute approximate surface area is 185 Å². The summed E-state index contributed by atoms with van der Waals surface area (Å²) in [5, 5.41) is 3.77. The first-order valence-corrected chi connectivity index (χ1v) is 10.4. The maximum absolute atomic E-state index is 11.7. The first kappa shape index (κ1) is 21.9. The number of anilines is 3. The van der Waals surface area contributed by atoms with Gasteiger partial charge >= 0.3 is 0 Å². The summed E-state index contributed by atoms with van der Waals surface area (Å²) in [4.78, 5) is 20.2. The Morgan fingerprint density at radius 2 is 1.73 bits per heavy atom. The molecule has 0 bridgehead atoms. The van der Waals surface area contributed by atoms with Crippen LogP contribution in [-0.4, -0.2) is 15.9 Å². The van der Waals surface area contributed by atoms with Crippen molar-refractivity contribution in [2.45, 2.75) is 32.6 Å². The van der Waals surface area contributed by atoms with Gasteiger partial charge in [0.25, 0.3) is 0 Å². The second-order valence-electron chi connectivity index (χ2n) is 6.91. The minimum atomic E-state index is 0.0171. The average molecular weight is 444 g/mol. The van der Waals surface area contributed by atoms with Gasteiger partial charge in [0.2, 0.25) is 11.9 Å². The number of amides is 1. The zero-order valence-electron chi connectivity index (χ0n) is 16.6. The van der Waals surface area contributed by atoms with Crippen LogP contribution in [0.1, 0.15) is 31.0 Å². The summed E-state index contributed by atoms with van der Waals surface area (Å²) < 4.78 is 0. The summed E-state index contributed by atoms with van der Waals surface area (Å²) in [6, 6.07) is 13.0. The number of nitrogens with one attached hydrogen (secondary N) is 1. The molecule has 3 aromatic rings. The predicted octanol–water partition coefficient (Wildman–Crippen LogP) is 5.14. The molecule has 0 atom stereocenters.